The van der Waals surface area contributed by atoms with E-state index in [1.807, 2.05) is 0 Å². The average Bonchev–Trinajstić information content (AvgIpc) is 2.97. The third-order valence-corrected chi connectivity index (χ3v) is 4.23. The van der Waals surface area contributed by atoms with Crippen molar-refractivity contribution < 1.29 is 18.0 Å². The molecule has 0 radical (unpaired) electrons. The summed E-state index contributed by atoms with van der Waals surface area (Å²) in [6, 6.07) is 3.72. The van der Waals surface area contributed by atoms with Gasteiger partial charge in [0.15, 0.2) is 0 Å². The van der Waals surface area contributed by atoms with Crippen molar-refractivity contribution in [2.24, 2.45) is 0 Å². The second-order valence-corrected chi connectivity index (χ2v) is 5.96. The predicted octanol–water partition coefficient (Wildman–Crippen LogP) is 3.62. The lowest BCUT2D eigenvalue weighted by atomic mass is 10.1. The molecule has 1 amide bonds. The summed E-state index contributed by atoms with van der Waals surface area (Å²) in [4.78, 5) is 21.9. The molecule has 4 nitrogen and oxygen atoms in total. The molecule has 0 aliphatic carbocycles. The molecule has 0 saturated carbocycles. The highest BCUT2D eigenvalue weighted by Crippen LogP contribution is 2.35. The number of halogens is 4. The Balaban J connectivity index is 1.64. The lowest BCUT2D eigenvalue weighted by Crippen LogP contribution is -2.25. The third-order valence-electron chi connectivity index (χ3n) is 3.90. The molecule has 0 fully saturated rings. The standard InChI is InChI=1S/C16H13ClF3N3O/c17-13-3-1-10(5-12(13)16(18,19)20)2-4-15(24)23-7-11-6-21-9-22-14(11)8-23/h1,3,5-6,9H,2,4,7-8H2. The molecule has 126 valence electrons. The molecule has 0 N–H and O–H groups in total. The van der Waals surface area contributed by atoms with Crippen LogP contribution in [0.5, 0.6) is 0 Å². The molecule has 24 heavy (non-hydrogen) atoms. The number of benzene rings is 1. The molecule has 0 unspecified atom stereocenters. The van der Waals surface area contributed by atoms with E-state index in [0.717, 1.165) is 17.3 Å². The minimum atomic E-state index is -4.51. The maximum absolute atomic E-state index is 12.9. The summed E-state index contributed by atoms with van der Waals surface area (Å²) in [6.45, 7) is 0.842. The Morgan fingerprint density at radius 1 is 1.29 bits per heavy atom. The summed E-state index contributed by atoms with van der Waals surface area (Å²) in [7, 11) is 0. The van der Waals surface area contributed by atoms with Gasteiger partial charge in [0.1, 0.15) is 6.33 Å². The van der Waals surface area contributed by atoms with Gasteiger partial charge in [0.05, 0.1) is 22.8 Å². The van der Waals surface area contributed by atoms with Gasteiger partial charge in [-0.3, -0.25) is 4.79 Å². The Morgan fingerprint density at radius 2 is 2.08 bits per heavy atom. The van der Waals surface area contributed by atoms with Gasteiger partial charge in [0.25, 0.3) is 0 Å². The molecule has 2 heterocycles. The average molecular weight is 356 g/mol. The molecule has 0 atom stereocenters. The highest BCUT2D eigenvalue weighted by Gasteiger charge is 2.33. The molecule has 1 aliphatic heterocycles. The highest BCUT2D eigenvalue weighted by atomic mass is 35.5. The zero-order valence-corrected chi connectivity index (χ0v) is 13.2. The summed E-state index contributed by atoms with van der Waals surface area (Å²) >= 11 is 5.59. The van der Waals surface area contributed by atoms with Crippen LogP contribution in [0.15, 0.2) is 30.7 Å². The zero-order valence-electron chi connectivity index (χ0n) is 12.5. The Bertz CT molecular complexity index is 754. The minimum Gasteiger partial charge on any atom is -0.332 e. The van der Waals surface area contributed by atoms with Crippen molar-refractivity contribution in [2.45, 2.75) is 32.1 Å². The van der Waals surface area contributed by atoms with Gasteiger partial charge in [-0.1, -0.05) is 17.7 Å². The fourth-order valence-corrected chi connectivity index (χ4v) is 2.86. The van der Waals surface area contributed by atoms with E-state index >= 15 is 0 Å². The normalized spacial score (nSPS) is 13.9. The zero-order chi connectivity index (χ0) is 17.3. The molecule has 1 aromatic heterocycles. The van der Waals surface area contributed by atoms with Crippen LogP contribution >= 0.6 is 11.6 Å². The van der Waals surface area contributed by atoms with Crippen molar-refractivity contribution in [1.82, 2.24) is 14.9 Å². The number of rotatable bonds is 3. The van der Waals surface area contributed by atoms with Crippen molar-refractivity contribution in [3.8, 4) is 0 Å². The number of hydrogen-bond donors (Lipinski definition) is 0. The summed E-state index contributed by atoms with van der Waals surface area (Å²) in [5.74, 6) is -0.128. The van der Waals surface area contributed by atoms with Gasteiger partial charge in [-0.25, -0.2) is 9.97 Å². The monoisotopic (exact) mass is 355 g/mol. The first-order valence-corrected chi connectivity index (χ1v) is 7.63. The largest absolute Gasteiger partial charge is 0.417 e. The second-order valence-electron chi connectivity index (χ2n) is 5.56. The van der Waals surface area contributed by atoms with Crippen LogP contribution in [0.3, 0.4) is 0 Å². The van der Waals surface area contributed by atoms with E-state index in [2.05, 4.69) is 9.97 Å². The molecular weight excluding hydrogens is 343 g/mol. The van der Waals surface area contributed by atoms with Crippen LogP contribution in [-0.4, -0.2) is 20.8 Å². The molecule has 1 aliphatic rings. The van der Waals surface area contributed by atoms with Crippen LogP contribution in [0.25, 0.3) is 0 Å². The van der Waals surface area contributed by atoms with Gasteiger partial charge in [-0.2, -0.15) is 13.2 Å². The van der Waals surface area contributed by atoms with E-state index < -0.39 is 11.7 Å². The number of hydrogen-bond acceptors (Lipinski definition) is 3. The Labute approximate surface area is 141 Å². The van der Waals surface area contributed by atoms with Crippen LogP contribution in [0, 0.1) is 0 Å². The summed E-state index contributed by atoms with van der Waals surface area (Å²) in [5.41, 5.74) is 1.26. The van der Waals surface area contributed by atoms with Crippen molar-refractivity contribution >= 4 is 17.5 Å². The fraction of sp³-hybridized carbons (Fsp3) is 0.312. The van der Waals surface area contributed by atoms with Crippen molar-refractivity contribution in [1.29, 1.82) is 0 Å². The molecule has 2 aromatic rings. The number of aryl methyl sites for hydroxylation is 1. The summed E-state index contributed by atoms with van der Waals surface area (Å²) in [5, 5.41) is -0.342. The van der Waals surface area contributed by atoms with Crippen LogP contribution in [0.4, 0.5) is 13.2 Å². The van der Waals surface area contributed by atoms with E-state index in [4.69, 9.17) is 11.6 Å². The maximum Gasteiger partial charge on any atom is 0.417 e. The second kappa shape index (κ2) is 6.39. The van der Waals surface area contributed by atoms with Gasteiger partial charge in [-0.05, 0) is 24.1 Å². The molecule has 0 spiro atoms. The molecule has 1 aromatic carbocycles. The predicted molar refractivity (Wildman–Crippen MR) is 81.1 cm³/mol. The summed E-state index contributed by atoms with van der Waals surface area (Å²) in [6.07, 6.45) is -1.06. The first-order chi connectivity index (χ1) is 11.3. The SMILES string of the molecule is O=C(CCc1ccc(Cl)c(C(F)(F)F)c1)N1Cc2cncnc2C1. The number of amides is 1. The number of carbonyl (C=O) groups is 1. The number of fused-ring (bicyclic) bond motifs is 1. The van der Waals surface area contributed by atoms with Crippen LogP contribution in [0.1, 0.15) is 28.8 Å². The van der Waals surface area contributed by atoms with Gasteiger partial charge < -0.3 is 4.90 Å². The fourth-order valence-electron chi connectivity index (χ4n) is 2.63. The minimum absolute atomic E-state index is 0.125. The topological polar surface area (TPSA) is 46.1 Å². The highest BCUT2D eigenvalue weighted by molar-refractivity contribution is 6.31. The van der Waals surface area contributed by atoms with Crippen molar-refractivity contribution in [2.75, 3.05) is 0 Å². The van der Waals surface area contributed by atoms with E-state index in [1.54, 1.807) is 11.1 Å². The molecule has 0 saturated heterocycles. The Hall–Kier alpha value is -2.15. The third kappa shape index (κ3) is 3.51. The van der Waals surface area contributed by atoms with E-state index in [-0.39, 0.29) is 23.8 Å². The van der Waals surface area contributed by atoms with E-state index in [1.165, 1.54) is 18.5 Å². The van der Waals surface area contributed by atoms with Gasteiger partial charge in [-0.15, -0.1) is 0 Å². The quantitative estimate of drug-likeness (QED) is 0.844. The number of alkyl halides is 3. The smallest absolute Gasteiger partial charge is 0.332 e. The molecule has 0 bridgehead atoms. The molecule has 8 heteroatoms. The van der Waals surface area contributed by atoms with Crippen LogP contribution in [0.2, 0.25) is 5.02 Å². The Kier molecular flexibility index (Phi) is 4.45. The Morgan fingerprint density at radius 3 is 2.79 bits per heavy atom. The number of nitrogens with zero attached hydrogens (tertiary/aromatic N) is 3. The van der Waals surface area contributed by atoms with Gasteiger partial charge in [0, 0.05) is 24.7 Å². The lowest BCUT2D eigenvalue weighted by Gasteiger charge is -2.15. The first-order valence-electron chi connectivity index (χ1n) is 7.26. The molecule has 3 rings (SSSR count). The lowest BCUT2D eigenvalue weighted by molar-refractivity contribution is -0.137. The van der Waals surface area contributed by atoms with Crippen LogP contribution < -0.4 is 0 Å². The number of carbonyl (C=O) groups excluding carboxylic acids is 1. The van der Waals surface area contributed by atoms with Gasteiger partial charge >= 0.3 is 6.18 Å². The maximum atomic E-state index is 12.9. The van der Waals surface area contributed by atoms with Gasteiger partial charge in [0.2, 0.25) is 5.91 Å². The van der Waals surface area contributed by atoms with E-state index in [9.17, 15) is 18.0 Å². The van der Waals surface area contributed by atoms with Crippen molar-refractivity contribution in [3.63, 3.8) is 0 Å². The number of aromatic nitrogens is 2. The summed E-state index contributed by atoms with van der Waals surface area (Å²) < 4.78 is 38.6. The molecular formula is C16H13ClF3N3O. The van der Waals surface area contributed by atoms with Crippen LogP contribution in [-0.2, 0) is 30.5 Å². The first kappa shape index (κ1) is 16.7. The van der Waals surface area contributed by atoms with Crippen molar-refractivity contribution in [3.05, 3.63) is 58.1 Å². The van der Waals surface area contributed by atoms with E-state index in [0.29, 0.717) is 18.7 Å².